The van der Waals surface area contributed by atoms with Crippen LogP contribution < -0.4 is 15.3 Å². The summed E-state index contributed by atoms with van der Waals surface area (Å²) >= 11 is 0. The highest BCUT2D eigenvalue weighted by molar-refractivity contribution is 7.89. The Morgan fingerprint density at radius 2 is 1.59 bits per heavy atom. The van der Waals surface area contributed by atoms with Gasteiger partial charge in [0.1, 0.15) is 6.09 Å². The van der Waals surface area contributed by atoms with Crippen LogP contribution in [0, 0.1) is 0 Å². The van der Waals surface area contributed by atoms with Gasteiger partial charge in [-0.3, -0.25) is 0 Å². The van der Waals surface area contributed by atoms with Crippen LogP contribution in [0.1, 0.15) is 48.5 Å². The van der Waals surface area contributed by atoms with E-state index in [2.05, 4.69) is 4.72 Å². The maximum absolute atomic E-state index is 12.5. The zero-order valence-corrected chi connectivity index (χ0v) is 18.9. The van der Waals surface area contributed by atoms with E-state index in [1.165, 1.54) is 12.1 Å². The molecule has 0 aromatic heterocycles. The summed E-state index contributed by atoms with van der Waals surface area (Å²) in [6, 6.07) is 6.25. The number of carbonyl (C=O) groups is 1. The van der Waals surface area contributed by atoms with Gasteiger partial charge in [-0.1, -0.05) is 12.1 Å². The van der Waals surface area contributed by atoms with Crippen molar-refractivity contribution in [1.29, 1.82) is 0 Å². The third kappa shape index (κ3) is 5.30. The number of hydrogen-bond acceptors (Lipinski definition) is 6. The van der Waals surface area contributed by atoms with E-state index in [0.29, 0.717) is 0 Å². The summed E-state index contributed by atoms with van der Waals surface area (Å²) in [5.74, 6) is 0. The molecule has 8 nitrogen and oxygen atoms in total. The molecule has 0 bridgehead atoms. The van der Waals surface area contributed by atoms with Crippen LogP contribution in [0.25, 0.3) is 0 Å². The van der Waals surface area contributed by atoms with E-state index in [0.717, 1.165) is 10.4 Å². The number of hydrogen-bond donors (Lipinski definition) is 1. The first-order valence-electron chi connectivity index (χ1n) is 9.51. The number of sulfonamides is 1. The zero-order valence-electron chi connectivity index (χ0n) is 18.1. The van der Waals surface area contributed by atoms with Gasteiger partial charge in [-0.05, 0) is 66.1 Å². The molecule has 1 aromatic rings. The minimum absolute atomic E-state index is 0.0168. The number of nitrogens with zero attached hydrogens (tertiary/aromatic N) is 1. The average molecular weight is 425 g/mol. The standard InChI is InChI=1S/C19H31BN2O6S/c1-17(2,3)22(16(23)24)13-12-21-29(25,26)15-10-8-14(9-11-15)20-27-18(4,5)19(6,7)28-20/h8-11,21H,12-13H2,1-7H3,(H,23,24)/p-1. The average Bonchev–Trinajstić information content (AvgIpc) is 2.78. The predicted octanol–water partition coefficient (Wildman–Crippen LogP) is 0.708. The maximum atomic E-state index is 12.5. The molecule has 0 atom stereocenters. The molecule has 0 aliphatic carbocycles. The highest BCUT2D eigenvalue weighted by atomic mass is 32.2. The van der Waals surface area contributed by atoms with Crippen molar-refractivity contribution in [3.05, 3.63) is 24.3 Å². The molecule has 0 unspecified atom stereocenters. The molecule has 1 saturated heterocycles. The van der Waals surface area contributed by atoms with E-state index in [4.69, 9.17) is 9.31 Å². The first kappa shape index (κ1) is 23.7. The highest BCUT2D eigenvalue weighted by Crippen LogP contribution is 2.36. The van der Waals surface area contributed by atoms with Gasteiger partial charge in [-0.25, -0.2) is 13.1 Å². The number of nitrogens with one attached hydrogen (secondary N) is 1. The van der Waals surface area contributed by atoms with Gasteiger partial charge in [0, 0.05) is 18.6 Å². The van der Waals surface area contributed by atoms with E-state index in [1.54, 1.807) is 32.9 Å². The predicted molar refractivity (Wildman–Crippen MR) is 109 cm³/mol. The fraction of sp³-hybridized carbons (Fsp3) is 0.632. The highest BCUT2D eigenvalue weighted by Gasteiger charge is 2.51. The Balaban J connectivity index is 2.04. The smallest absolute Gasteiger partial charge is 0.494 e. The number of carboxylic acid groups (broad SMARTS) is 1. The molecule has 1 aliphatic rings. The number of benzene rings is 1. The minimum Gasteiger partial charge on any atom is -0.530 e. The fourth-order valence-electron chi connectivity index (χ4n) is 2.86. The maximum Gasteiger partial charge on any atom is 0.494 e. The third-order valence-corrected chi connectivity index (χ3v) is 6.85. The molecule has 0 saturated carbocycles. The van der Waals surface area contributed by atoms with E-state index in [9.17, 15) is 18.3 Å². The van der Waals surface area contributed by atoms with Crippen LogP contribution >= 0.6 is 0 Å². The van der Waals surface area contributed by atoms with Gasteiger partial charge >= 0.3 is 7.12 Å². The molecule has 2 rings (SSSR count). The van der Waals surface area contributed by atoms with Gasteiger partial charge in [-0.15, -0.1) is 0 Å². The third-order valence-electron chi connectivity index (χ3n) is 5.37. The Hall–Kier alpha value is -1.62. The lowest BCUT2D eigenvalue weighted by Gasteiger charge is -2.37. The normalized spacial score (nSPS) is 18.7. The van der Waals surface area contributed by atoms with Crippen LogP contribution in [-0.4, -0.2) is 56.4 Å². The van der Waals surface area contributed by atoms with Crippen LogP contribution in [0.2, 0.25) is 0 Å². The number of amides is 1. The van der Waals surface area contributed by atoms with Crippen LogP contribution in [0.15, 0.2) is 29.2 Å². The molecule has 10 heteroatoms. The van der Waals surface area contributed by atoms with Gasteiger partial charge < -0.3 is 24.1 Å². The van der Waals surface area contributed by atoms with E-state index >= 15 is 0 Å². The van der Waals surface area contributed by atoms with Crippen LogP contribution in [0.4, 0.5) is 4.79 Å². The minimum atomic E-state index is -3.78. The summed E-state index contributed by atoms with van der Waals surface area (Å²) in [6.07, 6.45) is -1.34. The summed E-state index contributed by atoms with van der Waals surface area (Å²) in [7, 11) is -4.36. The molecule has 1 heterocycles. The Labute approximate surface area is 173 Å². The van der Waals surface area contributed by atoms with Gasteiger partial charge in [-0.2, -0.15) is 0 Å². The van der Waals surface area contributed by atoms with Gasteiger partial charge in [0.25, 0.3) is 0 Å². The van der Waals surface area contributed by atoms with Crippen molar-refractivity contribution in [1.82, 2.24) is 9.62 Å². The van der Waals surface area contributed by atoms with Crippen molar-refractivity contribution in [3.63, 3.8) is 0 Å². The van der Waals surface area contributed by atoms with Crippen LogP contribution in [0.3, 0.4) is 0 Å². The van der Waals surface area contributed by atoms with Gasteiger partial charge in [0.2, 0.25) is 10.0 Å². The second kappa shape index (κ2) is 7.90. The summed E-state index contributed by atoms with van der Waals surface area (Å²) in [5.41, 5.74) is -0.933. The Morgan fingerprint density at radius 1 is 1.10 bits per heavy atom. The summed E-state index contributed by atoms with van der Waals surface area (Å²) in [6.45, 7) is 12.9. The molecular weight excluding hydrogens is 395 g/mol. The molecule has 1 aromatic carbocycles. The van der Waals surface area contributed by atoms with E-state index in [1.807, 2.05) is 27.7 Å². The fourth-order valence-corrected chi connectivity index (χ4v) is 3.88. The summed E-state index contributed by atoms with van der Waals surface area (Å²) < 4.78 is 39.4. The molecule has 1 amide bonds. The molecule has 0 spiro atoms. The number of carbonyl (C=O) groups excluding carboxylic acids is 1. The quantitative estimate of drug-likeness (QED) is 0.673. The van der Waals surface area contributed by atoms with Crippen molar-refractivity contribution < 1.29 is 27.6 Å². The topological polar surface area (TPSA) is 108 Å². The molecule has 0 radical (unpaired) electrons. The first-order chi connectivity index (χ1) is 13.1. The first-order valence-corrected chi connectivity index (χ1v) is 11.0. The van der Waals surface area contributed by atoms with Crippen molar-refractivity contribution >= 4 is 28.7 Å². The summed E-state index contributed by atoms with van der Waals surface area (Å²) in [4.78, 5) is 12.4. The molecule has 29 heavy (non-hydrogen) atoms. The zero-order chi connectivity index (χ0) is 22.3. The molecule has 1 aliphatic heterocycles. The van der Waals surface area contributed by atoms with Gasteiger partial charge in [0.05, 0.1) is 16.1 Å². The largest absolute Gasteiger partial charge is 0.530 e. The lowest BCUT2D eigenvalue weighted by atomic mass is 9.79. The Kier molecular flexibility index (Phi) is 6.45. The molecule has 1 N–H and O–H groups in total. The molecule has 162 valence electrons. The van der Waals surface area contributed by atoms with Gasteiger partial charge in [0.15, 0.2) is 0 Å². The Bertz CT molecular complexity index is 830. The Morgan fingerprint density at radius 3 is 2.00 bits per heavy atom. The number of rotatable bonds is 6. The van der Waals surface area contributed by atoms with Crippen LogP contribution in [0.5, 0.6) is 0 Å². The lowest BCUT2D eigenvalue weighted by Crippen LogP contribution is -2.53. The SMILES string of the molecule is CC(C)(C)N(CCNS(=O)(=O)c1ccc(B2OC(C)(C)C(C)(C)O2)cc1)C(=O)[O-]. The van der Waals surface area contributed by atoms with E-state index in [-0.39, 0.29) is 18.0 Å². The van der Waals surface area contributed by atoms with Crippen molar-refractivity contribution in [2.45, 2.75) is 70.1 Å². The second-order valence-corrected chi connectivity index (χ2v) is 10.9. The van der Waals surface area contributed by atoms with Crippen molar-refractivity contribution in [3.8, 4) is 0 Å². The van der Waals surface area contributed by atoms with E-state index < -0.39 is 40.0 Å². The van der Waals surface area contributed by atoms with Crippen molar-refractivity contribution in [2.24, 2.45) is 0 Å². The summed E-state index contributed by atoms with van der Waals surface area (Å²) in [5, 5.41) is 11.2. The second-order valence-electron chi connectivity index (χ2n) is 9.14. The molecule has 1 fully saturated rings. The monoisotopic (exact) mass is 425 g/mol. The molecular formula is C19H30BN2O6S-. The van der Waals surface area contributed by atoms with Crippen LogP contribution in [-0.2, 0) is 19.3 Å². The van der Waals surface area contributed by atoms with Crippen molar-refractivity contribution in [2.75, 3.05) is 13.1 Å². The lowest BCUT2D eigenvalue weighted by molar-refractivity contribution is -0.270.